The second-order valence-corrected chi connectivity index (χ2v) is 10.2. The van der Waals surface area contributed by atoms with E-state index in [0.29, 0.717) is 11.3 Å². The normalized spacial score (nSPS) is 13.4. The van der Waals surface area contributed by atoms with E-state index in [1.807, 2.05) is 0 Å². The van der Waals surface area contributed by atoms with Crippen LogP contribution in [0.1, 0.15) is 20.7 Å². The number of carboxylic acids is 2. The molecular weight excluding hydrogens is 538 g/mol. The zero-order valence-corrected chi connectivity index (χ0v) is 21.0. The fraction of sp³-hybridized carbons (Fsp3) is 0. The highest BCUT2D eigenvalue weighted by atomic mass is 32.2. The third-order valence-corrected chi connectivity index (χ3v) is 7.74. The summed E-state index contributed by atoms with van der Waals surface area (Å²) in [5.41, 5.74) is 0.581. The van der Waals surface area contributed by atoms with Gasteiger partial charge in [-0.2, -0.15) is 18.6 Å². The van der Waals surface area contributed by atoms with Gasteiger partial charge in [-0.15, -0.1) is 14.3 Å². The molecule has 198 valence electrons. The Hall–Kier alpha value is -5.63. The smallest absolute Gasteiger partial charge is 0.341 e. The number of nitrogens with one attached hydrogen (secondary N) is 1. The van der Waals surface area contributed by atoms with Crippen LogP contribution in [0.2, 0.25) is 0 Å². The molecule has 0 amide bonds. The Morgan fingerprint density at radius 2 is 1.50 bits per heavy atom. The first kappa shape index (κ1) is 24.7. The van der Waals surface area contributed by atoms with Crippen molar-refractivity contribution in [2.45, 2.75) is 4.90 Å². The van der Waals surface area contributed by atoms with Crippen LogP contribution in [0.5, 0.6) is 0 Å². The molecule has 3 aromatic carbocycles. The minimum absolute atomic E-state index is 0.00446. The van der Waals surface area contributed by atoms with E-state index in [4.69, 9.17) is 0 Å². The number of rotatable bonds is 6. The number of hydrogen-bond acceptors (Lipinski definition) is 9. The highest BCUT2D eigenvalue weighted by molar-refractivity contribution is 7.90. The molecule has 0 fully saturated rings. The number of benzene rings is 3. The highest BCUT2D eigenvalue weighted by Gasteiger charge is 2.34. The quantitative estimate of drug-likeness (QED) is 0.242. The third-order valence-electron chi connectivity index (χ3n) is 6.11. The van der Waals surface area contributed by atoms with Gasteiger partial charge < -0.3 is 15.5 Å². The summed E-state index contributed by atoms with van der Waals surface area (Å²) >= 11 is 0. The molecule has 40 heavy (non-hydrogen) atoms. The summed E-state index contributed by atoms with van der Waals surface area (Å²) in [4.78, 5) is 23.9. The minimum Gasteiger partial charge on any atom is -0.478 e. The number of aromatic nitrogens is 4. The number of fused-ring (bicyclic) bond motifs is 2. The Balaban J connectivity index is 1.58. The van der Waals surface area contributed by atoms with Crippen molar-refractivity contribution in [1.82, 2.24) is 19.0 Å². The molecule has 6 rings (SSSR count). The van der Waals surface area contributed by atoms with Gasteiger partial charge in [0.15, 0.2) is 17.3 Å². The van der Waals surface area contributed by atoms with Crippen LogP contribution < -0.4 is 5.32 Å². The predicted octanol–water partition coefficient (Wildman–Crippen LogP) is 4.84. The number of para-hydroxylation sites is 2. The van der Waals surface area contributed by atoms with Gasteiger partial charge in [-0.3, -0.25) is 0 Å². The lowest BCUT2D eigenvalue weighted by molar-refractivity contribution is 0.0687. The molecule has 2 aromatic heterocycles. The zero-order chi connectivity index (χ0) is 28.0. The molecule has 13 nitrogen and oxygen atoms in total. The maximum Gasteiger partial charge on any atom is 0.341 e. The fourth-order valence-corrected chi connectivity index (χ4v) is 5.67. The molecule has 0 saturated carbocycles. The molecule has 0 aliphatic carbocycles. The van der Waals surface area contributed by atoms with E-state index in [0.717, 1.165) is 15.0 Å². The van der Waals surface area contributed by atoms with Crippen LogP contribution in [0.3, 0.4) is 0 Å². The third kappa shape index (κ3) is 3.90. The molecule has 0 radical (unpaired) electrons. The molecule has 0 saturated heterocycles. The Morgan fingerprint density at radius 3 is 2.25 bits per heavy atom. The Kier molecular flexibility index (Phi) is 5.73. The molecule has 0 bridgehead atoms. The number of nitrogens with zero attached hydrogens (tertiary/aromatic N) is 6. The average Bonchev–Trinajstić information content (AvgIpc) is 3.54. The average molecular weight is 556 g/mol. The predicted molar refractivity (Wildman–Crippen MR) is 142 cm³/mol. The number of hydrogen-bond donors (Lipinski definition) is 3. The minimum atomic E-state index is -4.11. The molecule has 1 aliphatic rings. The van der Waals surface area contributed by atoms with E-state index in [2.05, 4.69) is 25.7 Å². The summed E-state index contributed by atoms with van der Waals surface area (Å²) in [5, 5.41) is 39.3. The van der Waals surface area contributed by atoms with Gasteiger partial charge in [0, 0.05) is 5.56 Å². The zero-order valence-electron chi connectivity index (χ0n) is 20.2. The molecule has 0 atom stereocenters. The summed E-state index contributed by atoms with van der Waals surface area (Å²) in [6.07, 6.45) is 1.03. The van der Waals surface area contributed by atoms with E-state index in [1.54, 1.807) is 54.6 Å². The van der Waals surface area contributed by atoms with E-state index < -0.39 is 22.0 Å². The lowest BCUT2D eigenvalue weighted by Gasteiger charge is -2.19. The van der Waals surface area contributed by atoms with Gasteiger partial charge in [0.25, 0.3) is 10.0 Å². The summed E-state index contributed by atoms with van der Waals surface area (Å²) in [6.45, 7) is 0. The van der Waals surface area contributed by atoms with E-state index >= 15 is 0 Å². The summed E-state index contributed by atoms with van der Waals surface area (Å²) < 4.78 is 28.8. The Morgan fingerprint density at radius 1 is 0.825 bits per heavy atom. The van der Waals surface area contributed by atoms with Crippen LogP contribution in [-0.2, 0) is 10.0 Å². The SMILES string of the molecule is O=C(O)c1ccccc1-n1ncc(C(=O)O)c1N=Nc1c(-c2ccccc2)nn2c1Nc1ccccc1S2(=O)=O. The first-order valence-corrected chi connectivity index (χ1v) is 13.1. The first-order chi connectivity index (χ1) is 19.3. The van der Waals surface area contributed by atoms with Crippen molar-refractivity contribution >= 4 is 45.0 Å². The lowest BCUT2D eigenvalue weighted by atomic mass is 10.1. The van der Waals surface area contributed by atoms with E-state index in [9.17, 15) is 28.2 Å². The molecule has 0 spiro atoms. The number of carboxylic acid groups (broad SMARTS) is 2. The summed E-state index contributed by atoms with van der Waals surface area (Å²) in [6, 6.07) is 20.9. The van der Waals surface area contributed by atoms with Crippen molar-refractivity contribution in [2.75, 3.05) is 5.32 Å². The molecule has 5 aromatic rings. The van der Waals surface area contributed by atoms with E-state index in [-0.39, 0.29) is 44.7 Å². The van der Waals surface area contributed by atoms with Gasteiger partial charge in [-0.05, 0) is 24.3 Å². The van der Waals surface area contributed by atoms with Crippen LogP contribution in [0, 0.1) is 0 Å². The van der Waals surface area contributed by atoms with Gasteiger partial charge in [0.1, 0.15) is 16.2 Å². The van der Waals surface area contributed by atoms with Gasteiger partial charge in [-0.1, -0.05) is 54.6 Å². The number of anilines is 2. The van der Waals surface area contributed by atoms with Crippen molar-refractivity contribution in [3.8, 4) is 16.9 Å². The number of aromatic carboxylic acids is 2. The number of carbonyl (C=O) groups is 2. The van der Waals surface area contributed by atoms with Crippen molar-refractivity contribution in [1.29, 1.82) is 0 Å². The van der Waals surface area contributed by atoms with Gasteiger partial charge in [0.05, 0.1) is 23.1 Å². The lowest BCUT2D eigenvalue weighted by Crippen LogP contribution is -2.22. The summed E-state index contributed by atoms with van der Waals surface area (Å²) in [5.74, 6) is -2.91. The molecular formula is C26H17N7O6S. The second kappa shape index (κ2) is 9.28. The van der Waals surface area contributed by atoms with Crippen molar-refractivity contribution < 1.29 is 28.2 Å². The summed E-state index contributed by atoms with van der Waals surface area (Å²) in [7, 11) is -4.11. The fourth-order valence-electron chi connectivity index (χ4n) is 4.27. The molecule has 0 unspecified atom stereocenters. The maximum atomic E-state index is 13.4. The van der Waals surface area contributed by atoms with Crippen LogP contribution in [0.15, 0.2) is 100 Å². The highest BCUT2D eigenvalue weighted by Crippen LogP contribution is 2.44. The van der Waals surface area contributed by atoms with Gasteiger partial charge >= 0.3 is 11.9 Å². The van der Waals surface area contributed by atoms with Crippen LogP contribution in [-0.4, -0.2) is 49.5 Å². The monoisotopic (exact) mass is 555 g/mol. The first-order valence-electron chi connectivity index (χ1n) is 11.6. The Labute approximate surface area is 225 Å². The van der Waals surface area contributed by atoms with Crippen molar-refractivity contribution in [2.24, 2.45) is 10.2 Å². The molecule has 1 aliphatic heterocycles. The number of azo groups is 1. The van der Waals surface area contributed by atoms with Crippen molar-refractivity contribution in [3.63, 3.8) is 0 Å². The molecule has 3 N–H and O–H groups in total. The second-order valence-electron chi connectivity index (χ2n) is 8.50. The Bertz CT molecular complexity index is 1960. The largest absolute Gasteiger partial charge is 0.478 e. The van der Waals surface area contributed by atoms with E-state index in [1.165, 1.54) is 24.3 Å². The topological polar surface area (TPSA) is 181 Å². The van der Waals surface area contributed by atoms with Crippen LogP contribution in [0.25, 0.3) is 16.9 Å². The molecule has 3 heterocycles. The van der Waals surface area contributed by atoms with Crippen LogP contribution in [0.4, 0.5) is 23.0 Å². The van der Waals surface area contributed by atoms with Gasteiger partial charge in [-0.25, -0.2) is 14.3 Å². The van der Waals surface area contributed by atoms with Gasteiger partial charge in [0.2, 0.25) is 0 Å². The van der Waals surface area contributed by atoms with Crippen molar-refractivity contribution in [3.05, 3.63) is 96.2 Å². The maximum absolute atomic E-state index is 13.4. The standard InChI is InChI=1S/C26H17N7O6S/c34-25(35)16-10-4-6-12-19(16)32-23(17(14-27-32)26(36)37)30-29-22-21(15-8-2-1-3-9-15)31-33-24(22)28-18-11-5-7-13-20(18)40(33,38)39/h1-14,28H,(H,34,35)(H,36,37). The van der Waals surface area contributed by atoms with Crippen LogP contribution >= 0.6 is 0 Å². The molecule has 14 heteroatoms.